The van der Waals surface area contributed by atoms with E-state index in [9.17, 15) is 4.79 Å². The zero-order valence-electron chi connectivity index (χ0n) is 10.3. The number of ether oxygens (including phenoxy) is 1. The topological polar surface area (TPSA) is 58.2 Å². The number of nitrogens with zero attached hydrogens (tertiary/aromatic N) is 2. The van der Waals surface area contributed by atoms with E-state index in [2.05, 4.69) is 9.97 Å². The van der Waals surface area contributed by atoms with Gasteiger partial charge in [-0.3, -0.25) is 4.79 Å². The van der Waals surface area contributed by atoms with E-state index in [0.29, 0.717) is 13.0 Å². The second kappa shape index (κ2) is 5.12. The Morgan fingerprint density at radius 3 is 2.81 bits per heavy atom. The Balaban J connectivity index is 2.48. The fourth-order valence-corrected chi connectivity index (χ4v) is 1.27. The Labute approximate surface area is 95.8 Å². The lowest BCUT2D eigenvalue weighted by molar-refractivity contribution is -0.135. The Hall–Kier alpha value is -1.36. The molecule has 1 aromatic rings. The average molecular weight is 225 g/mol. The van der Waals surface area contributed by atoms with Crippen LogP contribution >= 0.6 is 0 Å². The predicted octanol–water partition coefficient (Wildman–Crippen LogP) is 1.18. The molecular formula is C11H19N3O2. The third-order valence-electron chi connectivity index (χ3n) is 2.50. The van der Waals surface area contributed by atoms with Crippen molar-refractivity contribution in [2.24, 2.45) is 0 Å². The van der Waals surface area contributed by atoms with Crippen LogP contribution in [0.3, 0.4) is 0 Å². The van der Waals surface area contributed by atoms with Gasteiger partial charge in [-0.05, 0) is 13.8 Å². The van der Waals surface area contributed by atoms with Gasteiger partial charge in [0, 0.05) is 26.6 Å². The molecule has 1 rings (SSSR count). The first-order chi connectivity index (χ1) is 7.44. The first-order valence-electron chi connectivity index (χ1n) is 5.22. The smallest absolute Gasteiger partial charge is 0.225 e. The molecule has 0 saturated heterocycles. The molecule has 90 valence electrons. The van der Waals surface area contributed by atoms with Crippen LogP contribution < -0.4 is 0 Å². The Morgan fingerprint density at radius 2 is 2.31 bits per heavy atom. The van der Waals surface area contributed by atoms with Gasteiger partial charge in [-0.2, -0.15) is 0 Å². The van der Waals surface area contributed by atoms with Crippen LogP contribution in [0.2, 0.25) is 0 Å². The quantitative estimate of drug-likeness (QED) is 0.818. The highest BCUT2D eigenvalue weighted by Gasteiger charge is 2.23. The monoisotopic (exact) mass is 225 g/mol. The highest BCUT2D eigenvalue weighted by atomic mass is 16.5. The number of hydrogen-bond donors (Lipinski definition) is 1. The van der Waals surface area contributed by atoms with Crippen LogP contribution in [0.1, 0.15) is 26.1 Å². The summed E-state index contributed by atoms with van der Waals surface area (Å²) in [7, 11) is 3.37. The number of nitrogens with one attached hydrogen (secondary N) is 1. The average Bonchev–Trinajstić information content (AvgIpc) is 2.69. The molecule has 5 heteroatoms. The molecule has 0 fully saturated rings. The number of imidazole rings is 1. The molecule has 0 saturated carbocycles. The van der Waals surface area contributed by atoms with E-state index < -0.39 is 5.60 Å². The molecule has 5 nitrogen and oxygen atoms in total. The second-order valence-corrected chi connectivity index (χ2v) is 4.43. The molecule has 0 aromatic carbocycles. The van der Waals surface area contributed by atoms with Crippen LogP contribution in [0.25, 0.3) is 0 Å². The molecule has 1 heterocycles. The van der Waals surface area contributed by atoms with Crippen molar-refractivity contribution in [1.29, 1.82) is 0 Å². The van der Waals surface area contributed by atoms with Crippen LogP contribution in [-0.2, 0) is 16.1 Å². The van der Waals surface area contributed by atoms with E-state index in [1.807, 2.05) is 13.8 Å². The lowest BCUT2D eigenvalue weighted by Crippen LogP contribution is -2.35. The first-order valence-corrected chi connectivity index (χ1v) is 5.22. The Bertz CT molecular complexity index is 333. The number of rotatable bonds is 5. The summed E-state index contributed by atoms with van der Waals surface area (Å²) < 4.78 is 5.22. The fraction of sp³-hybridized carbons (Fsp3) is 0.636. The fourth-order valence-electron chi connectivity index (χ4n) is 1.27. The number of carbonyl (C=O) groups excluding carboxylic acids is 1. The number of aromatic nitrogens is 2. The molecule has 0 bridgehead atoms. The summed E-state index contributed by atoms with van der Waals surface area (Å²) in [5, 5.41) is 0. The lowest BCUT2D eigenvalue weighted by Gasteiger charge is -2.25. The summed E-state index contributed by atoms with van der Waals surface area (Å²) in [4.78, 5) is 20.5. The van der Waals surface area contributed by atoms with E-state index in [4.69, 9.17) is 4.74 Å². The molecular weight excluding hydrogens is 206 g/mol. The van der Waals surface area contributed by atoms with Gasteiger partial charge in [0.05, 0.1) is 18.6 Å². The minimum atomic E-state index is -0.422. The zero-order chi connectivity index (χ0) is 12.2. The van der Waals surface area contributed by atoms with Gasteiger partial charge in [-0.25, -0.2) is 4.98 Å². The summed E-state index contributed by atoms with van der Waals surface area (Å²) in [6.45, 7) is 4.28. The maximum absolute atomic E-state index is 11.8. The predicted molar refractivity (Wildman–Crippen MR) is 60.8 cm³/mol. The van der Waals surface area contributed by atoms with Gasteiger partial charge in [-0.1, -0.05) is 0 Å². The second-order valence-electron chi connectivity index (χ2n) is 4.43. The molecule has 1 aromatic heterocycles. The SMILES string of the molecule is COC(C)(C)CC(=O)N(C)Cc1ncc[nH]1. The minimum Gasteiger partial charge on any atom is -0.378 e. The molecule has 1 N–H and O–H groups in total. The molecule has 0 aliphatic rings. The number of hydrogen-bond acceptors (Lipinski definition) is 3. The van der Waals surface area contributed by atoms with Crippen LogP contribution in [0.15, 0.2) is 12.4 Å². The minimum absolute atomic E-state index is 0.0447. The first kappa shape index (κ1) is 12.7. The number of methoxy groups -OCH3 is 1. The molecule has 0 spiro atoms. The van der Waals surface area contributed by atoms with Crippen molar-refractivity contribution in [2.75, 3.05) is 14.2 Å². The molecule has 16 heavy (non-hydrogen) atoms. The van der Waals surface area contributed by atoms with Crippen molar-refractivity contribution in [1.82, 2.24) is 14.9 Å². The van der Waals surface area contributed by atoms with Crippen molar-refractivity contribution in [2.45, 2.75) is 32.4 Å². The van der Waals surface area contributed by atoms with Gasteiger partial charge in [0.25, 0.3) is 0 Å². The van der Waals surface area contributed by atoms with E-state index >= 15 is 0 Å². The van der Waals surface area contributed by atoms with Crippen LogP contribution in [0.4, 0.5) is 0 Å². The summed E-state index contributed by atoms with van der Waals surface area (Å²) >= 11 is 0. The van der Waals surface area contributed by atoms with E-state index in [0.717, 1.165) is 5.82 Å². The van der Waals surface area contributed by atoms with Crippen molar-refractivity contribution in [3.05, 3.63) is 18.2 Å². The van der Waals surface area contributed by atoms with Crippen molar-refractivity contribution < 1.29 is 9.53 Å². The van der Waals surface area contributed by atoms with Gasteiger partial charge in [-0.15, -0.1) is 0 Å². The number of amides is 1. The zero-order valence-corrected chi connectivity index (χ0v) is 10.3. The number of H-pyrrole nitrogens is 1. The summed E-state index contributed by atoms with van der Waals surface area (Å²) in [5.41, 5.74) is -0.422. The summed E-state index contributed by atoms with van der Waals surface area (Å²) in [6, 6.07) is 0. The van der Waals surface area contributed by atoms with Gasteiger partial charge >= 0.3 is 0 Å². The standard InChI is InChI=1S/C11H19N3O2/c1-11(2,16-4)7-10(15)14(3)8-9-12-5-6-13-9/h5-6H,7-8H2,1-4H3,(H,12,13). The van der Waals surface area contributed by atoms with Gasteiger partial charge < -0.3 is 14.6 Å². The van der Waals surface area contributed by atoms with E-state index in [-0.39, 0.29) is 5.91 Å². The molecule has 0 unspecified atom stereocenters. The molecule has 0 aliphatic heterocycles. The molecule has 1 amide bonds. The number of carbonyl (C=O) groups is 1. The van der Waals surface area contributed by atoms with Gasteiger partial charge in [0.15, 0.2) is 0 Å². The van der Waals surface area contributed by atoms with Crippen molar-refractivity contribution in [3.8, 4) is 0 Å². The molecule has 0 aliphatic carbocycles. The van der Waals surface area contributed by atoms with Crippen molar-refractivity contribution >= 4 is 5.91 Å². The lowest BCUT2D eigenvalue weighted by atomic mass is 10.0. The Kier molecular flexibility index (Phi) is 4.06. The van der Waals surface area contributed by atoms with Gasteiger partial charge in [0.1, 0.15) is 5.82 Å². The Morgan fingerprint density at radius 1 is 1.62 bits per heavy atom. The van der Waals surface area contributed by atoms with E-state index in [1.165, 1.54) is 0 Å². The summed E-state index contributed by atoms with van der Waals surface area (Å²) in [5.74, 6) is 0.828. The van der Waals surface area contributed by atoms with Crippen molar-refractivity contribution in [3.63, 3.8) is 0 Å². The van der Waals surface area contributed by atoms with Crippen LogP contribution in [0, 0.1) is 0 Å². The van der Waals surface area contributed by atoms with Gasteiger partial charge in [0.2, 0.25) is 5.91 Å². The normalized spacial score (nSPS) is 11.5. The van der Waals surface area contributed by atoms with Crippen LogP contribution in [-0.4, -0.2) is 40.5 Å². The largest absolute Gasteiger partial charge is 0.378 e. The highest BCUT2D eigenvalue weighted by molar-refractivity contribution is 5.76. The molecule has 0 radical (unpaired) electrons. The maximum atomic E-state index is 11.8. The number of aromatic amines is 1. The highest BCUT2D eigenvalue weighted by Crippen LogP contribution is 2.14. The third kappa shape index (κ3) is 3.66. The molecule has 0 atom stereocenters. The van der Waals surface area contributed by atoms with E-state index in [1.54, 1.807) is 31.5 Å². The summed E-state index contributed by atoms with van der Waals surface area (Å²) in [6.07, 6.45) is 3.78. The maximum Gasteiger partial charge on any atom is 0.225 e. The van der Waals surface area contributed by atoms with Crippen LogP contribution in [0.5, 0.6) is 0 Å². The third-order valence-corrected chi connectivity index (χ3v) is 2.50.